The fourth-order valence-corrected chi connectivity index (χ4v) is 2.92. The molecule has 1 aliphatic rings. The third-order valence-corrected chi connectivity index (χ3v) is 4.33. The highest BCUT2D eigenvalue weighted by molar-refractivity contribution is 7.11. The van der Waals surface area contributed by atoms with E-state index in [0.29, 0.717) is 13.1 Å². The molecule has 100 valence electrons. The quantitative estimate of drug-likeness (QED) is 0.830. The van der Waals surface area contributed by atoms with Crippen LogP contribution in [0.15, 0.2) is 12.1 Å². The van der Waals surface area contributed by atoms with E-state index < -0.39 is 0 Å². The minimum Gasteiger partial charge on any atom is -0.350 e. The first-order chi connectivity index (χ1) is 8.78. The Morgan fingerprint density at radius 1 is 1.39 bits per heavy atom. The highest BCUT2D eigenvalue weighted by Crippen LogP contribution is 2.16. The van der Waals surface area contributed by atoms with Gasteiger partial charge in [0.25, 0.3) is 0 Å². The van der Waals surface area contributed by atoms with Gasteiger partial charge in [-0.15, -0.1) is 11.3 Å². The summed E-state index contributed by atoms with van der Waals surface area (Å²) < 4.78 is 0. The van der Waals surface area contributed by atoms with Crippen LogP contribution in [0, 0.1) is 0 Å². The molecule has 0 spiro atoms. The van der Waals surface area contributed by atoms with Crippen LogP contribution in [0.1, 0.15) is 16.7 Å². The van der Waals surface area contributed by atoms with E-state index in [1.807, 2.05) is 0 Å². The molecule has 1 saturated heterocycles. The lowest BCUT2D eigenvalue weighted by atomic mass is 10.3. The third kappa shape index (κ3) is 4.08. The summed E-state index contributed by atoms with van der Waals surface area (Å²) in [5.74, 6) is 0.128. The zero-order valence-corrected chi connectivity index (χ0v) is 11.7. The number of carbonyl (C=O) groups is 1. The van der Waals surface area contributed by atoms with Crippen LogP contribution in [0.3, 0.4) is 0 Å². The van der Waals surface area contributed by atoms with E-state index in [9.17, 15) is 4.79 Å². The van der Waals surface area contributed by atoms with Gasteiger partial charge in [0.2, 0.25) is 5.91 Å². The van der Waals surface area contributed by atoms with Crippen molar-refractivity contribution in [1.82, 2.24) is 15.5 Å². The molecule has 1 amide bonds. The van der Waals surface area contributed by atoms with Gasteiger partial charge in [-0.05, 0) is 18.6 Å². The molecule has 4 nitrogen and oxygen atoms in total. The molecule has 1 aromatic heterocycles. The van der Waals surface area contributed by atoms with E-state index >= 15 is 0 Å². The number of piperazine rings is 1. The number of hydrogen-bond acceptors (Lipinski definition) is 4. The number of nitrogens with one attached hydrogen (secondary N) is 2. The predicted molar refractivity (Wildman–Crippen MR) is 74.9 cm³/mol. The van der Waals surface area contributed by atoms with Crippen molar-refractivity contribution in [1.29, 1.82) is 0 Å². The molecule has 2 rings (SSSR count). The molecule has 1 aliphatic heterocycles. The van der Waals surface area contributed by atoms with Gasteiger partial charge in [-0.2, -0.15) is 0 Å². The van der Waals surface area contributed by atoms with Crippen molar-refractivity contribution < 1.29 is 4.79 Å². The Balaban J connectivity index is 1.70. The fraction of sp³-hybridized carbons (Fsp3) is 0.615. The minimum atomic E-state index is 0.128. The lowest BCUT2D eigenvalue weighted by Crippen LogP contribution is -2.47. The molecular weight excluding hydrogens is 246 g/mol. The Morgan fingerprint density at radius 2 is 2.11 bits per heavy atom. The van der Waals surface area contributed by atoms with Gasteiger partial charge in [-0.3, -0.25) is 9.69 Å². The molecule has 0 atom stereocenters. The monoisotopic (exact) mass is 267 g/mol. The normalized spacial score (nSPS) is 16.7. The number of thiophene rings is 1. The molecule has 2 N–H and O–H groups in total. The molecule has 2 heterocycles. The summed E-state index contributed by atoms with van der Waals surface area (Å²) in [7, 11) is 0. The predicted octanol–water partition coefficient (Wildman–Crippen LogP) is 0.832. The average molecular weight is 267 g/mol. The number of nitrogens with zero attached hydrogens (tertiary/aromatic N) is 1. The maximum Gasteiger partial charge on any atom is 0.234 e. The van der Waals surface area contributed by atoms with Crippen molar-refractivity contribution in [3.63, 3.8) is 0 Å². The maximum atomic E-state index is 11.8. The van der Waals surface area contributed by atoms with E-state index in [-0.39, 0.29) is 5.91 Å². The fourth-order valence-electron chi connectivity index (χ4n) is 2.02. The number of hydrogen-bond donors (Lipinski definition) is 2. The summed E-state index contributed by atoms with van der Waals surface area (Å²) in [4.78, 5) is 16.6. The molecule has 1 fully saturated rings. The number of rotatable bonds is 5. The van der Waals surface area contributed by atoms with Crippen LogP contribution < -0.4 is 10.6 Å². The first-order valence-electron chi connectivity index (χ1n) is 6.55. The van der Waals surface area contributed by atoms with Gasteiger partial charge in [-0.1, -0.05) is 6.92 Å². The van der Waals surface area contributed by atoms with Gasteiger partial charge in [0, 0.05) is 35.9 Å². The van der Waals surface area contributed by atoms with Crippen LogP contribution in [-0.4, -0.2) is 43.5 Å². The Labute approximate surface area is 112 Å². The Kier molecular flexibility index (Phi) is 5.16. The van der Waals surface area contributed by atoms with E-state index in [4.69, 9.17) is 0 Å². The zero-order chi connectivity index (χ0) is 12.8. The Hall–Kier alpha value is -0.910. The van der Waals surface area contributed by atoms with Crippen LogP contribution in [0.25, 0.3) is 0 Å². The van der Waals surface area contributed by atoms with Crippen LogP contribution in [0.4, 0.5) is 0 Å². The first-order valence-corrected chi connectivity index (χ1v) is 7.37. The highest BCUT2D eigenvalue weighted by Gasteiger charge is 2.13. The molecular formula is C13H21N3OS. The lowest BCUT2D eigenvalue weighted by Gasteiger charge is -2.26. The minimum absolute atomic E-state index is 0.128. The average Bonchev–Trinajstić information content (AvgIpc) is 2.85. The van der Waals surface area contributed by atoms with Crippen molar-refractivity contribution in [2.24, 2.45) is 0 Å². The largest absolute Gasteiger partial charge is 0.350 e. The topological polar surface area (TPSA) is 44.4 Å². The Bertz CT molecular complexity index is 385. The molecule has 1 aromatic rings. The second kappa shape index (κ2) is 6.87. The van der Waals surface area contributed by atoms with E-state index in [2.05, 4.69) is 34.6 Å². The second-order valence-corrected chi connectivity index (χ2v) is 5.78. The lowest BCUT2D eigenvalue weighted by molar-refractivity contribution is -0.122. The summed E-state index contributed by atoms with van der Waals surface area (Å²) in [5.41, 5.74) is 0. The molecule has 0 aromatic carbocycles. The van der Waals surface area contributed by atoms with Crippen LogP contribution in [0.2, 0.25) is 0 Å². The van der Waals surface area contributed by atoms with E-state index in [1.54, 1.807) is 11.3 Å². The van der Waals surface area contributed by atoms with Crippen LogP contribution in [-0.2, 0) is 17.8 Å². The molecule has 0 unspecified atom stereocenters. The first kappa shape index (κ1) is 13.5. The standard InChI is InChI=1S/C13H21N3OS/c1-2-11-3-4-12(18-11)9-15-13(17)10-16-7-5-14-6-8-16/h3-4,14H,2,5-10H2,1H3,(H,15,17). The Morgan fingerprint density at radius 3 is 2.78 bits per heavy atom. The van der Waals surface area contributed by atoms with Gasteiger partial charge in [0.1, 0.15) is 0 Å². The van der Waals surface area contributed by atoms with E-state index in [0.717, 1.165) is 32.6 Å². The van der Waals surface area contributed by atoms with Crippen LogP contribution in [0.5, 0.6) is 0 Å². The van der Waals surface area contributed by atoms with Gasteiger partial charge < -0.3 is 10.6 Å². The SMILES string of the molecule is CCc1ccc(CNC(=O)CN2CCNCC2)s1. The third-order valence-electron chi connectivity index (χ3n) is 3.10. The van der Waals surface area contributed by atoms with Crippen molar-refractivity contribution >= 4 is 17.2 Å². The molecule has 18 heavy (non-hydrogen) atoms. The second-order valence-electron chi connectivity index (χ2n) is 4.52. The number of amides is 1. The molecule has 0 radical (unpaired) electrons. The maximum absolute atomic E-state index is 11.8. The summed E-state index contributed by atoms with van der Waals surface area (Å²) in [5, 5.41) is 6.28. The zero-order valence-electron chi connectivity index (χ0n) is 10.9. The van der Waals surface area contributed by atoms with Gasteiger partial charge in [-0.25, -0.2) is 0 Å². The summed E-state index contributed by atoms with van der Waals surface area (Å²) in [6, 6.07) is 4.25. The van der Waals surface area contributed by atoms with Crippen molar-refractivity contribution in [2.75, 3.05) is 32.7 Å². The molecule has 5 heteroatoms. The highest BCUT2D eigenvalue weighted by atomic mass is 32.1. The van der Waals surface area contributed by atoms with E-state index in [1.165, 1.54) is 9.75 Å². The van der Waals surface area contributed by atoms with Gasteiger partial charge >= 0.3 is 0 Å². The van der Waals surface area contributed by atoms with Crippen molar-refractivity contribution in [3.8, 4) is 0 Å². The summed E-state index contributed by atoms with van der Waals surface area (Å²) in [6.45, 7) is 7.23. The summed E-state index contributed by atoms with van der Waals surface area (Å²) >= 11 is 1.78. The molecule has 0 saturated carbocycles. The number of aryl methyl sites for hydroxylation is 1. The van der Waals surface area contributed by atoms with Crippen molar-refractivity contribution in [2.45, 2.75) is 19.9 Å². The van der Waals surface area contributed by atoms with Crippen molar-refractivity contribution in [3.05, 3.63) is 21.9 Å². The molecule has 0 aliphatic carbocycles. The smallest absolute Gasteiger partial charge is 0.234 e. The summed E-state index contributed by atoms with van der Waals surface area (Å²) in [6.07, 6.45) is 1.07. The number of carbonyl (C=O) groups excluding carboxylic acids is 1. The molecule has 0 bridgehead atoms. The van der Waals surface area contributed by atoms with Gasteiger partial charge in [0.15, 0.2) is 0 Å². The van der Waals surface area contributed by atoms with Crippen LogP contribution >= 0.6 is 11.3 Å². The van der Waals surface area contributed by atoms with Gasteiger partial charge in [0.05, 0.1) is 13.1 Å².